The van der Waals surface area contributed by atoms with E-state index in [2.05, 4.69) is 10.3 Å². The highest BCUT2D eigenvalue weighted by atomic mass is 16.5. The van der Waals surface area contributed by atoms with Crippen molar-refractivity contribution in [3.8, 4) is 0 Å². The van der Waals surface area contributed by atoms with Crippen molar-refractivity contribution in [3.63, 3.8) is 0 Å². The normalized spacial score (nSPS) is 15.6. The minimum atomic E-state index is 0.564. The fourth-order valence-corrected chi connectivity index (χ4v) is 1.67. The lowest BCUT2D eigenvalue weighted by Gasteiger charge is -2.06. The topological polar surface area (TPSA) is 75.2 Å². The molecule has 16 heavy (non-hydrogen) atoms. The lowest BCUT2D eigenvalue weighted by Crippen LogP contribution is -2.12. The van der Waals surface area contributed by atoms with Crippen molar-refractivity contribution in [2.24, 2.45) is 0 Å². The zero-order valence-corrected chi connectivity index (χ0v) is 9.56. The van der Waals surface area contributed by atoms with Crippen molar-refractivity contribution in [2.75, 3.05) is 32.7 Å². The molecule has 0 aromatic carbocycles. The van der Waals surface area contributed by atoms with E-state index >= 15 is 0 Å². The van der Waals surface area contributed by atoms with E-state index in [1.54, 1.807) is 7.11 Å². The van der Waals surface area contributed by atoms with Gasteiger partial charge in [0.15, 0.2) is 5.82 Å². The summed E-state index contributed by atoms with van der Waals surface area (Å²) in [6.07, 6.45) is 2.39. The van der Waals surface area contributed by atoms with E-state index < -0.39 is 0 Å². The van der Waals surface area contributed by atoms with Gasteiger partial charge in [-0.1, -0.05) is 5.21 Å². The average Bonchev–Trinajstić information content (AvgIpc) is 3.04. The maximum Gasteiger partial charge on any atom is 0.169 e. The van der Waals surface area contributed by atoms with Gasteiger partial charge in [-0.15, -0.1) is 5.10 Å². The summed E-state index contributed by atoms with van der Waals surface area (Å²) in [6, 6.07) is 0. The highest BCUT2D eigenvalue weighted by molar-refractivity contribution is 5.38. The molecule has 0 amide bonds. The fraction of sp³-hybridized carbons (Fsp3) is 0.800. The van der Waals surface area contributed by atoms with Crippen LogP contribution in [0, 0.1) is 0 Å². The molecule has 2 N–H and O–H groups in total. The van der Waals surface area contributed by atoms with Crippen LogP contribution in [0.1, 0.15) is 24.5 Å². The van der Waals surface area contributed by atoms with Crippen molar-refractivity contribution in [3.05, 3.63) is 5.69 Å². The van der Waals surface area contributed by atoms with Crippen LogP contribution in [0.25, 0.3) is 0 Å². The van der Waals surface area contributed by atoms with Gasteiger partial charge in [0.25, 0.3) is 0 Å². The Kier molecular flexibility index (Phi) is 3.74. The summed E-state index contributed by atoms with van der Waals surface area (Å²) in [6.45, 7) is 2.56. The van der Waals surface area contributed by atoms with Gasteiger partial charge >= 0.3 is 0 Å². The smallest absolute Gasteiger partial charge is 0.169 e. The second-order valence-corrected chi connectivity index (χ2v) is 3.96. The Bertz CT molecular complexity index is 336. The molecule has 0 aliphatic heterocycles. The van der Waals surface area contributed by atoms with Crippen LogP contribution in [-0.4, -0.2) is 41.9 Å². The molecule has 1 aromatic rings. The van der Waals surface area contributed by atoms with Gasteiger partial charge < -0.3 is 15.2 Å². The highest BCUT2D eigenvalue weighted by Gasteiger charge is 2.30. The third-order valence-electron chi connectivity index (χ3n) is 2.64. The molecular formula is C10H18N4O2. The van der Waals surface area contributed by atoms with Crippen LogP contribution in [-0.2, 0) is 16.0 Å². The first-order valence-electron chi connectivity index (χ1n) is 5.58. The second kappa shape index (κ2) is 5.27. The minimum Gasteiger partial charge on any atom is -0.382 e. The summed E-state index contributed by atoms with van der Waals surface area (Å²) in [5.74, 6) is 1.13. The van der Waals surface area contributed by atoms with Crippen LogP contribution in [0.4, 0.5) is 5.82 Å². The van der Waals surface area contributed by atoms with Crippen LogP contribution < -0.4 is 5.73 Å². The van der Waals surface area contributed by atoms with Crippen molar-refractivity contribution < 1.29 is 9.47 Å². The highest BCUT2D eigenvalue weighted by Crippen LogP contribution is 2.41. The van der Waals surface area contributed by atoms with Gasteiger partial charge in [-0.05, 0) is 12.8 Å². The SMILES string of the molecule is COCCOCCn1nnc(N)c1C1CC1. The number of ether oxygens (including phenoxy) is 2. The third kappa shape index (κ3) is 2.70. The quantitative estimate of drug-likeness (QED) is 0.681. The number of aromatic nitrogens is 3. The maximum atomic E-state index is 5.78. The predicted octanol–water partition coefficient (Wildman–Crippen LogP) is 0.401. The zero-order chi connectivity index (χ0) is 11.4. The number of rotatable bonds is 7. The molecule has 0 spiro atoms. The predicted molar refractivity (Wildman–Crippen MR) is 59.1 cm³/mol. The Morgan fingerprint density at radius 3 is 2.88 bits per heavy atom. The summed E-state index contributed by atoms with van der Waals surface area (Å²) in [7, 11) is 1.66. The average molecular weight is 226 g/mol. The largest absolute Gasteiger partial charge is 0.382 e. The molecule has 0 bridgehead atoms. The fourth-order valence-electron chi connectivity index (χ4n) is 1.67. The Morgan fingerprint density at radius 1 is 1.38 bits per heavy atom. The standard InChI is InChI=1S/C10H18N4O2/c1-15-6-7-16-5-4-14-9(8-2-3-8)10(11)12-13-14/h8H,2-7,11H2,1H3. The molecule has 6 nitrogen and oxygen atoms in total. The number of hydrogen-bond acceptors (Lipinski definition) is 5. The first-order valence-corrected chi connectivity index (χ1v) is 5.58. The number of hydrogen-bond donors (Lipinski definition) is 1. The Labute approximate surface area is 94.7 Å². The van der Waals surface area contributed by atoms with E-state index in [0.29, 0.717) is 38.1 Å². The van der Waals surface area contributed by atoms with Gasteiger partial charge in [-0.2, -0.15) is 0 Å². The van der Waals surface area contributed by atoms with E-state index in [1.807, 2.05) is 4.68 Å². The molecule has 1 aliphatic rings. The van der Waals surface area contributed by atoms with E-state index in [1.165, 1.54) is 12.8 Å². The molecule has 1 saturated carbocycles. The Hall–Kier alpha value is -1.14. The third-order valence-corrected chi connectivity index (χ3v) is 2.64. The number of nitrogen functional groups attached to an aromatic ring is 1. The molecule has 1 aromatic heterocycles. The van der Waals surface area contributed by atoms with Crippen molar-refractivity contribution in [2.45, 2.75) is 25.3 Å². The van der Waals surface area contributed by atoms with Gasteiger partial charge in [0.2, 0.25) is 0 Å². The van der Waals surface area contributed by atoms with Gasteiger partial charge in [-0.3, -0.25) is 0 Å². The summed E-state index contributed by atoms with van der Waals surface area (Å²) in [4.78, 5) is 0. The zero-order valence-electron chi connectivity index (χ0n) is 9.56. The lowest BCUT2D eigenvalue weighted by molar-refractivity contribution is 0.0649. The Balaban J connectivity index is 1.80. The van der Waals surface area contributed by atoms with Crippen molar-refractivity contribution in [1.82, 2.24) is 15.0 Å². The molecule has 2 rings (SSSR count). The Morgan fingerprint density at radius 2 is 2.19 bits per heavy atom. The van der Waals surface area contributed by atoms with Gasteiger partial charge in [0.05, 0.1) is 32.1 Å². The summed E-state index contributed by atoms with van der Waals surface area (Å²) in [5.41, 5.74) is 6.86. The molecule has 1 aliphatic carbocycles. The van der Waals surface area contributed by atoms with Crippen LogP contribution >= 0.6 is 0 Å². The van der Waals surface area contributed by atoms with Crippen molar-refractivity contribution in [1.29, 1.82) is 0 Å². The van der Waals surface area contributed by atoms with Crippen LogP contribution in [0.3, 0.4) is 0 Å². The van der Waals surface area contributed by atoms with Crippen molar-refractivity contribution >= 4 is 5.82 Å². The molecule has 90 valence electrons. The van der Waals surface area contributed by atoms with Gasteiger partial charge in [-0.25, -0.2) is 4.68 Å². The molecule has 6 heteroatoms. The van der Waals surface area contributed by atoms with Gasteiger partial charge in [0.1, 0.15) is 0 Å². The van der Waals surface area contributed by atoms with E-state index in [-0.39, 0.29) is 0 Å². The number of nitrogens with two attached hydrogens (primary N) is 1. The summed E-state index contributed by atoms with van der Waals surface area (Å²) < 4.78 is 12.1. The molecular weight excluding hydrogens is 208 g/mol. The van der Waals surface area contributed by atoms with Crippen LogP contribution in [0.2, 0.25) is 0 Å². The molecule has 0 saturated heterocycles. The molecule has 0 unspecified atom stereocenters. The molecule has 0 atom stereocenters. The second-order valence-electron chi connectivity index (χ2n) is 3.96. The van der Waals surface area contributed by atoms with E-state index in [9.17, 15) is 0 Å². The maximum absolute atomic E-state index is 5.78. The number of anilines is 1. The first kappa shape index (κ1) is 11.3. The van der Waals surface area contributed by atoms with Crippen LogP contribution in [0.5, 0.6) is 0 Å². The summed E-state index contributed by atoms with van der Waals surface area (Å²) >= 11 is 0. The monoisotopic (exact) mass is 226 g/mol. The molecule has 1 fully saturated rings. The van der Waals surface area contributed by atoms with Crippen LogP contribution in [0.15, 0.2) is 0 Å². The summed E-state index contributed by atoms with van der Waals surface area (Å²) in [5, 5.41) is 7.93. The van der Waals surface area contributed by atoms with E-state index in [4.69, 9.17) is 15.2 Å². The number of nitrogens with zero attached hydrogens (tertiary/aromatic N) is 3. The van der Waals surface area contributed by atoms with Gasteiger partial charge in [0, 0.05) is 13.0 Å². The lowest BCUT2D eigenvalue weighted by atomic mass is 10.3. The number of methoxy groups -OCH3 is 1. The van der Waals surface area contributed by atoms with E-state index in [0.717, 1.165) is 5.69 Å². The molecule has 0 radical (unpaired) electrons. The minimum absolute atomic E-state index is 0.564. The molecule has 1 heterocycles. The first-order chi connectivity index (χ1) is 7.83.